The van der Waals surface area contributed by atoms with Crippen LogP contribution < -0.4 is 5.32 Å². The molecule has 0 fully saturated rings. The van der Waals surface area contributed by atoms with Gasteiger partial charge >= 0.3 is 0 Å². The summed E-state index contributed by atoms with van der Waals surface area (Å²) in [6.07, 6.45) is 6.85. The molecule has 0 bridgehead atoms. The third kappa shape index (κ3) is 3.08. The van der Waals surface area contributed by atoms with Gasteiger partial charge in [0.15, 0.2) is 0 Å². The van der Waals surface area contributed by atoms with E-state index in [1.165, 1.54) is 19.3 Å². The van der Waals surface area contributed by atoms with Gasteiger partial charge in [-0.25, -0.2) is 0 Å². The summed E-state index contributed by atoms with van der Waals surface area (Å²) in [6.45, 7) is 1.77. The predicted molar refractivity (Wildman–Crippen MR) is 60.8 cm³/mol. The van der Waals surface area contributed by atoms with Crippen molar-refractivity contribution >= 4 is 5.84 Å². The van der Waals surface area contributed by atoms with Gasteiger partial charge in [0.05, 0.1) is 18.1 Å². The third-order valence-corrected chi connectivity index (χ3v) is 2.62. The van der Waals surface area contributed by atoms with Crippen molar-refractivity contribution in [2.75, 3.05) is 6.54 Å². The van der Waals surface area contributed by atoms with Crippen molar-refractivity contribution in [2.24, 2.45) is 12.0 Å². The number of hydrogen-bond acceptors (Lipinski definition) is 3. The maximum absolute atomic E-state index is 4.52. The Labute approximate surface area is 90.4 Å². The van der Waals surface area contributed by atoms with Crippen LogP contribution in [0, 0.1) is 0 Å². The zero-order chi connectivity index (χ0) is 10.5. The van der Waals surface area contributed by atoms with E-state index in [4.69, 9.17) is 0 Å². The Kier molecular flexibility index (Phi) is 3.37. The van der Waals surface area contributed by atoms with Crippen LogP contribution in [-0.4, -0.2) is 22.2 Å². The van der Waals surface area contributed by atoms with E-state index in [1.807, 2.05) is 24.0 Å². The van der Waals surface area contributed by atoms with Gasteiger partial charge in [0.25, 0.3) is 0 Å². The largest absolute Gasteiger partial charge is 0.368 e. The molecule has 0 unspecified atom stereocenters. The van der Waals surface area contributed by atoms with E-state index in [2.05, 4.69) is 15.4 Å². The molecule has 0 saturated heterocycles. The van der Waals surface area contributed by atoms with E-state index < -0.39 is 0 Å². The van der Waals surface area contributed by atoms with E-state index in [0.717, 1.165) is 31.0 Å². The van der Waals surface area contributed by atoms with Gasteiger partial charge in [0.2, 0.25) is 0 Å². The molecule has 0 amide bonds. The molecule has 4 nitrogen and oxygen atoms in total. The molecule has 1 aliphatic rings. The lowest BCUT2D eigenvalue weighted by molar-refractivity contribution is 0.719. The molecule has 15 heavy (non-hydrogen) atoms. The first-order valence-corrected chi connectivity index (χ1v) is 5.60. The maximum Gasteiger partial charge on any atom is 0.0966 e. The molecule has 0 aromatic carbocycles. The van der Waals surface area contributed by atoms with Crippen molar-refractivity contribution in [1.29, 1.82) is 0 Å². The molecule has 4 heteroatoms. The number of aliphatic imine (C=N–C) groups is 1. The third-order valence-electron chi connectivity index (χ3n) is 2.62. The molecule has 1 N–H and O–H groups in total. The van der Waals surface area contributed by atoms with Crippen molar-refractivity contribution in [3.63, 3.8) is 0 Å². The molecule has 0 radical (unpaired) electrons. The average molecular weight is 206 g/mol. The van der Waals surface area contributed by atoms with E-state index in [-0.39, 0.29) is 0 Å². The molecule has 1 aromatic heterocycles. The summed E-state index contributed by atoms with van der Waals surface area (Å²) in [5.74, 6) is 1.15. The summed E-state index contributed by atoms with van der Waals surface area (Å²) in [5, 5.41) is 7.68. The van der Waals surface area contributed by atoms with E-state index in [9.17, 15) is 0 Å². The smallest absolute Gasteiger partial charge is 0.0966 e. The van der Waals surface area contributed by atoms with Crippen molar-refractivity contribution < 1.29 is 0 Å². The van der Waals surface area contributed by atoms with Gasteiger partial charge in [0.1, 0.15) is 0 Å². The molecule has 0 atom stereocenters. The number of amidine groups is 1. The first kappa shape index (κ1) is 10.2. The molecular weight excluding hydrogens is 188 g/mol. The topological polar surface area (TPSA) is 42.2 Å². The zero-order valence-corrected chi connectivity index (χ0v) is 9.24. The van der Waals surface area contributed by atoms with Crippen LogP contribution in [0.2, 0.25) is 0 Å². The fourth-order valence-corrected chi connectivity index (χ4v) is 1.77. The molecule has 1 aliphatic heterocycles. The Morgan fingerprint density at radius 2 is 2.33 bits per heavy atom. The van der Waals surface area contributed by atoms with Gasteiger partial charge in [-0.2, -0.15) is 5.10 Å². The standard InChI is InChI=1S/C11H18N4/c1-15-8-6-10(14-15)9-13-11-5-3-2-4-7-12-11/h6,8H,2-5,7,9H2,1H3,(H,12,13). The molecule has 1 aromatic rings. The van der Waals surface area contributed by atoms with Crippen LogP contribution >= 0.6 is 0 Å². The van der Waals surface area contributed by atoms with Crippen LogP contribution in [0.15, 0.2) is 17.3 Å². The van der Waals surface area contributed by atoms with Gasteiger partial charge < -0.3 is 5.32 Å². The monoisotopic (exact) mass is 206 g/mol. The Morgan fingerprint density at radius 1 is 1.40 bits per heavy atom. The van der Waals surface area contributed by atoms with E-state index >= 15 is 0 Å². The summed E-state index contributed by atoms with van der Waals surface area (Å²) < 4.78 is 1.83. The van der Waals surface area contributed by atoms with Crippen molar-refractivity contribution in [3.8, 4) is 0 Å². The van der Waals surface area contributed by atoms with Crippen molar-refractivity contribution in [2.45, 2.75) is 32.2 Å². The highest BCUT2D eigenvalue weighted by molar-refractivity contribution is 5.82. The number of aromatic nitrogens is 2. The minimum absolute atomic E-state index is 0.791. The Hall–Kier alpha value is -1.32. The molecule has 0 aliphatic carbocycles. The van der Waals surface area contributed by atoms with Crippen molar-refractivity contribution in [3.05, 3.63) is 18.0 Å². The van der Waals surface area contributed by atoms with E-state index in [0.29, 0.717) is 0 Å². The van der Waals surface area contributed by atoms with Crippen LogP contribution in [0.4, 0.5) is 0 Å². The fourth-order valence-electron chi connectivity index (χ4n) is 1.77. The highest BCUT2D eigenvalue weighted by atomic mass is 15.3. The predicted octanol–water partition coefficient (Wildman–Crippen LogP) is 1.48. The first-order chi connectivity index (χ1) is 7.34. The number of rotatable bonds is 2. The summed E-state index contributed by atoms with van der Waals surface area (Å²) >= 11 is 0. The Balaban J connectivity index is 1.84. The maximum atomic E-state index is 4.52. The second-order valence-electron chi connectivity index (χ2n) is 3.97. The summed E-state index contributed by atoms with van der Waals surface area (Å²) in [6, 6.07) is 2.03. The lowest BCUT2D eigenvalue weighted by atomic mass is 10.2. The number of nitrogens with zero attached hydrogens (tertiary/aromatic N) is 3. The summed E-state index contributed by atoms with van der Waals surface area (Å²) in [7, 11) is 1.94. The minimum atomic E-state index is 0.791. The van der Waals surface area contributed by atoms with Gasteiger partial charge in [0, 0.05) is 26.2 Å². The summed E-state index contributed by atoms with van der Waals surface area (Å²) in [5.41, 5.74) is 1.07. The van der Waals surface area contributed by atoms with Crippen molar-refractivity contribution in [1.82, 2.24) is 15.1 Å². The van der Waals surface area contributed by atoms with Crippen LogP contribution in [0.1, 0.15) is 31.4 Å². The Bertz CT molecular complexity index is 340. The van der Waals surface area contributed by atoms with Crippen LogP contribution in [0.3, 0.4) is 0 Å². The molecule has 2 heterocycles. The van der Waals surface area contributed by atoms with Gasteiger partial charge in [-0.3, -0.25) is 9.67 Å². The van der Waals surface area contributed by atoms with Gasteiger partial charge in [-0.05, 0) is 18.9 Å². The lowest BCUT2D eigenvalue weighted by Gasteiger charge is -2.05. The molecular formula is C11H18N4. The minimum Gasteiger partial charge on any atom is -0.368 e. The quantitative estimate of drug-likeness (QED) is 0.796. The fraction of sp³-hybridized carbons (Fsp3) is 0.636. The van der Waals surface area contributed by atoms with Gasteiger partial charge in [-0.1, -0.05) is 6.42 Å². The number of aryl methyl sites for hydroxylation is 1. The number of hydrogen-bond donors (Lipinski definition) is 1. The highest BCUT2D eigenvalue weighted by Crippen LogP contribution is 2.06. The van der Waals surface area contributed by atoms with E-state index in [1.54, 1.807) is 0 Å². The van der Waals surface area contributed by atoms with Crippen LogP contribution in [-0.2, 0) is 13.6 Å². The normalized spacial score (nSPS) is 17.0. The second kappa shape index (κ2) is 4.96. The molecule has 82 valence electrons. The molecule has 2 rings (SSSR count). The highest BCUT2D eigenvalue weighted by Gasteiger charge is 2.04. The molecule has 0 spiro atoms. The number of nitrogens with one attached hydrogen (secondary N) is 1. The average Bonchev–Trinajstić information content (AvgIpc) is 2.52. The molecule has 0 saturated carbocycles. The SMILES string of the molecule is Cn1ccc(CNC2=NCCCCC2)n1. The zero-order valence-electron chi connectivity index (χ0n) is 9.24. The first-order valence-electron chi connectivity index (χ1n) is 5.60. The van der Waals surface area contributed by atoms with Crippen LogP contribution in [0.5, 0.6) is 0 Å². The Morgan fingerprint density at radius 3 is 3.13 bits per heavy atom. The lowest BCUT2D eigenvalue weighted by Crippen LogP contribution is -2.23. The summed E-state index contributed by atoms with van der Waals surface area (Å²) in [4.78, 5) is 4.52. The van der Waals surface area contributed by atoms with Gasteiger partial charge in [-0.15, -0.1) is 0 Å². The second-order valence-corrected chi connectivity index (χ2v) is 3.97. The van der Waals surface area contributed by atoms with Crippen LogP contribution in [0.25, 0.3) is 0 Å².